The van der Waals surface area contributed by atoms with Gasteiger partial charge in [-0.3, -0.25) is 14.4 Å². The third-order valence-electron chi connectivity index (χ3n) is 5.84. The van der Waals surface area contributed by atoms with Crippen LogP contribution in [0, 0.1) is 13.8 Å². The summed E-state index contributed by atoms with van der Waals surface area (Å²) in [6.45, 7) is 17.3. The molecule has 2 heterocycles. The fourth-order valence-electron chi connectivity index (χ4n) is 4.10. The van der Waals surface area contributed by atoms with Crippen molar-refractivity contribution >= 4 is 17.3 Å². The number of aliphatic imine (C=N–C) groups is 1. The van der Waals surface area contributed by atoms with Gasteiger partial charge in [-0.05, 0) is 56.7 Å². The van der Waals surface area contributed by atoms with Gasteiger partial charge >= 0.3 is 0 Å². The lowest BCUT2D eigenvalue weighted by molar-refractivity contribution is -0.118. The largest absolute Gasteiger partial charge is 0.489 e. The normalized spacial score (nSPS) is 10.9. The predicted octanol–water partition coefficient (Wildman–Crippen LogP) is 6.98. The minimum atomic E-state index is 0.0394. The average Bonchev–Trinajstić information content (AvgIpc) is 3.26. The molecule has 3 aromatic carbocycles. The second-order valence-corrected chi connectivity index (χ2v) is 9.54. The van der Waals surface area contributed by atoms with E-state index in [0.29, 0.717) is 13.2 Å². The van der Waals surface area contributed by atoms with Gasteiger partial charge in [-0.2, -0.15) is 0 Å². The molecule has 0 bridgehead atoms. The molecule has 0 unspecified atom stereocenters. The van der Waals surface area contributed by atoms with Crippen LogP contribution in [0.4, 0.5) is 5.69 Å². The molecule has 1 aliphatic heterocycles. The van der Waals surface area contributed by atoms with E-state index in [1.165, 1.54) is 18.9 Å². The van der Waals surface area contributed by atoms with E-state index in [-0.39, 0.29) is 5.91 Å². The quantitative estimate of drug-likeness (QED) is 0.252. The molecule has 0 aliphatic carbocycles. The highest BCUT2D eigenvalue weighted by atomic mass is 16.5. The molecular weight excluding hydrogens is 524 g/mol. The van der Waals surface area contributed by atoms with Crippen molar-refractivity contribution < 1.29 is 9.53 Å². The predicted molar refractivity (Wildman–Crippen MR) is 173 cm³/mol. The van der Waals surface area contributed by atoms with Crippen molar-refractivity contribution in [1.29, 1.82) is 0 Å². The maximum atomic E-state index is 9.93. The topological polar surface area (TPSA) is 107 Å². The second kappa shape index (κ2) is 17.4. The highest BCUT2D eigenvalue weighted by Crippen LogP contribution is 2.29. The van der Waals surface area contributed by atoms with Crippen molar-refractivity contribution in [2.75, 3.05) is 12.3 Å². The van der Waals surface area contributed by atoms with Crippen molar-refractivity contribution in [1.82, 2.24) is 20.1 Å². The van der Waals surface area contributed by atoms with Gasteiger partial charge in [-0.15, -0.1) is 10.2 Å². The first-order valence-electron chi connectivity index (χ1n) is 14.7. The molecule has 0 fully saturated rings. The molecule has 4 aromatic rings. The molecule has 1 amide bonds. The maximum absolute atomic E-state index is 9.93. The van der Waals surface area contributed by atoms with Crippen LogP contribution in [0.25, 0.3) is 5.69 Å². The van der Waals surface area contributed by atoms with E-state index in [4.69, 9.17) is 15.5 Å². The number of nitrogens with two attached hydrogens (primary N) is 1. The van der Waals surface area contributed by atoms with Crippen LogP contribution in [0.1, 0.15) is 81.9 Å². The second-order valence-electron chi connectivity index (χ2n) is 9.54. The van der Waals surface area contributed by atoms with Crippen LogP contribution >= 0.6 is 0 Å². The van der Waals surface area contributed by atoms with Crippen LogP contribution in [0.15, 0.2) is 71.7 Å². The van der Waals surface area contributed by atoms with E-state index in [0.717, 1.165) is 57.7 Å². The van der Waals surface area contributed by atoms with Crippen LogP contribution in [0.2, 0.25) is 0 Å². The van der Waals surface area contributed by atoms with Crippen LogP contribution in [0.5, 0.6) is 5.75 Å². The lowest BCUT2D eigenvalue weighted by Crippen LogP contribution is -2.18. The number of nitrogens with zero attached hydrogens (tertiary/aromatic N) is 4. The van der Waals surface area contributed by atoms with Gasteiger partial charge < -0.3 is 15.8 Å². The van der Waals surface area contributed by atoms with Crippen molar-refractivity contribution in [3.63, 3.8) is 0 Å². The molecule has 5 rings (SSSR count). The van der Waals surface area contributed by atoms with Gasteiger partial charge in [0.15, 0.2) is 5.82 Å². The Morgan fingerprint density at radius 2 is 1.67 bits per heavy atom. The van der Waals surface area contributed by atoms with E-state index in [9.17, 15) is 4.79 Å². The highest BCUT2D eigenvalue weighted by molar-refractivity contribution is 6.15. The van der Waals surface area contributed by atoms with Crippen LogP contribution in [-0.4, -0.2) is 32.9 Å². The zero-order valence-corrected chi connectivity index (χ0v) is 26.4. The van der Waals surface area contributed by atoms with E-state index >= 15 is 0 Å². The van der Waals surface area contributed by atoms with Crippen molar-refractivity contribution in [2.24, 2.45) is 4.99 Å². The number of nitrogen functional groups attached to an aromatic ring is 1. The molecule has 224 valence electrons. The van der Waals surface area contributed by atoms with Crippen LogP contribution in [-0.2, 0) is 17.9 Å². The number of nitrogens with one attached hydrogen (secondary N) is 1. The highest BCUT2D eigenvalue weighted by Gasteiger charge is 2.22. The Hall–Kier alpha value is -4.46. The number of aryl methyl sites for hydroxylation is 2. The molecule has 0 radical (unpaired) electrons. The summed E-state index contributed by atoms with van der Waals surface area (Å²) < 4.78 is 8.18. The summed E-state index contributed by atoms with van der Waals surface area (Å²) in [4.78, 5) is 14.8. The minimum absolute atomic E-state index is 0.0394. The molecule has 42 heavy (non-hydrogen) atoms. The van der Waals surface area contributed by atoms with Crippen molar-refractivity contribution in [3.05, 3.63) is 101 Å². The number of hydrogen-bond acceptors (Lipinski definition) is 6. The monoisotopic (exact) mass is 570 g/mol. The summed E-state index contributed by atoms with van der Waals surface area (Å²) in [5.41, 5.74) is 12.9. The fraction of sp³-hybridized carbons (Fsp3) is 0.353. The van der Waals surface area contributed by atoms with Gasteiger partial charge in [0.25, 0.3) is 0 Å². The van der Waals surface area contributed by atoms with Gasteiger partial charge in [0.2, 0.25) is 5.91 Å². The Morgan fingerprint density at radius 3 is 2.26 bits per heavy atom. The third-order valence-corrected chi connectivity index (χ3v) is 5.84. The molecule has 1 aromatic heterocycles. The van der Waals surface area contributed by atoms with Crippen molar-refractivity contribution in [3.8, 4) is 11.4 Å². The Morgan fingerprint density at radius 1 is 0.976 bits per heavy atom. The zero-order chi connectivity index (χ0) is 31.1. The Labute approximate surface area is 251 Å². The first kappa shape index (κ1) is 33.7. The Kier molecular flexibility index (Phi) is 14.0. The molecule has 0 saturated carbocycles. The van der Waals surface area contributed by atoms with E-state index in [1.807, 2.05) is 58.0 Å². The smallest absolute Gasteiger partial charge is 0.216 e. The van der Waals surface area contributed by atoms with Gasteiger partial charge in [0.1, 0.15) is 24.7 Å². The Bertz CT molecular complexity index is 1440. The van der Waals surface area contributed by atoms with Crippen molar-refractivity contribution in [2.45, 2.75) is 75.0 Å². The molecule has 0 spiro atoms. The fourth-order valence-corrected chi connectivity index (χ4v) is 4.10. The molecule has 1 aliphatic rings. The number of benzene rings is 3. The summed E-state index contributed by atoms with van der Waals surface area (Å²) in [6.07, 6.45) is 1.25. The number of ether oxygens (including phenoxy) is 1. The van der Waals surface area contributed by atoms with E-state index in [2.05, 4.69) is 77.3 Å². The minimum Gasteiger partial charge on any atom is -0.489 e. The number of aromatic nitrogens is 3. The molecule has 0 atom stereocenters. The maximum Gasteiger partial charge on any atom is 0.216 e. The number of rotatable bonds is 5. The molecule has 0 saturated heterocycles. The summed E-state index contributed by atoms with van der Waals surface area (Å²) >= 11 is 0. The van der Waals surface area contributed by atoms with Gasteiger partial charge in [0, 0.05) is 30.3 Å². The summed E-state index contributed by atoms with van der Waals surface area (Å²) in [7, 11) is 0. The number of carbonyl (C=O) groups is 1. The first-order valence-corrected chi connectivity index (χ1v) is 14.7. The average molecular weight is 571 g/mol. The number of carbonyl (C=O) groups excluding carboxylic acids is 1. The molecular formula is C34H46N6O2. The molecule has 8 heteroatoms. The SMILES string of the molecule is CC.CCC.CCNC(C)=O.Cc1ccc(C2=NCc3nnc(C)n3-c3ccc(OCc4cccc(N)c4)cc32)cc1. The molecule has 8 nitrogen and oxygen atoms in total. The zero-order valence-electron chi connectivity index (χ0n) is 26.4. The third kappa shape index (κ3) is 9.58. The lowest BCUT2D eigenvalue weighted by Gasteiger charge is -2.15. The number of anilines is 1. The van der Waals surface area contributed by atoms with Gasteiger partial charge in [-0.1, -0.05) is 76.1 Å². The molecule has 3 N–H and O–H groups in total. The lowest BCUT2D eigenvalue weighted by atomic mass is 9.99. The van der Waals surface area contributed by atoms with E-state index < -0.39 is 0 Å². The number of amides is 1. The number of hydrogen-bond donors (Lipinski definition) is 2. The van der Waals surface area contributed by atoms with Gasteiger partial charge in [0.05, 0.1) is 11.4 Å². The number of fused-ring (bicyclic) bond motifs is 3. The van der Waals surface area contributed by atoms with Crippen LogP contribution in [0.3, 0.4) is 0 Å². The summed E-state index contributed by atoms with van der Waals surface area (Å²) in [5, 5.41) is 11.2. The summed E-state index contributed by atoms with van der Waals surface area (Å²) in [5.74, 6) is 2.48. The van der Waals surface area contributed by atoms with Gasteiger partial charge in [-0.25, -0.2) is 0 Å². The van der Waals surface area contributed by atoms with E-state index in [1.54, 1.807) is 0 Å². The van der Waals surface area contributed by atoms with Crippen LogP contribution < -0.4 is 15.8 Å². The first-order chi connectivity index (χ1) is 20.3. The standard InChI is InChI=1S/C25H23N5O.C4H9NO.C3H8.C2H6/c1-16-6-8-19(9-7-16)25-22-13-21(31-15-18-4-3-5-20(26)12-18)10-11-23(22)30-17(2)28-29-24(30)14-27-25;1-3-5-4(2)6;1-3-2;1-2/h3-13H,14-15,26H2,1-2H3;3H2,1-2H3,(H,5,6);3H2,1-2H3;1-2H3. The Balaban J connectivity index is 0.000000487. The summed E-state index contributed by atoms with van der Waals surface area (Å²) in [6, 6.07) is 22.2.